The Morgan fingerprint density at radius 3 is 2.64 bits per heavy atom. The molecule has 1 aromatic heterocycles. The van der Waals surface area contributed by atoms with Gasteiger partial charge in [-0.2, -0.15) is 0 Å². The Kier molecular flexibility index (Phi) is 13.9. The maximum atomic E-state index is 5.60. The highest BCUT2D eigenvalue weighted by molar-refractivity contribution is 14.0. The first-order chi connectivity index (χ1) is 11.5. The van der Waals surface area contributed by atoms with E-state index in [1.807, 2.05) is 26.2 Å². The van der Waals surface area contributed by atoms with Crippen molar-refractivity contribution in [1.82, 2.24) is 15.5 Å². The highest BCUT2D eigenvalue weighted by Crippen LogP contribution is 2.18. The van der Waals surface area contributed by atoms with Gasteiger partial charge in [0.1, 0.15) is 5.76 Å². The predicted molar refractivity (Wildman–Crippen MR) is 115 cm³/mol. The van der Waals surface area contributed by atoms with Crippen LogP contribution in [0.5, 0.6) is 0 Å². The summed E-state index contributed by atoms with van der Waals surface area (Å²) in [5.74, 6) is 2.35. The first-order valence-electron chi connectivity index (χ1n) is 8.84. The largest absolute Gasteiger partial charge is 0.468 e. The number of aliphatic imine (C=N–C) groups is 1. The number of furan rings is 1. The number of hydrogen-bond acceptors (Lipinski definition) is 4. The lowest BCUT2D eigenvalue weighted by atomic mass is 10.2. The van der Waals surface area contributed by atoms with Crippen LogP contribution in [0.25, 0.3) is 0 Å². The summed E-state index contributed by atoms with van der Waals surface area (Å²) in [6.07, 6.45) is 2.67. The minimum Gasteiger partial charge on any atom is -0.468 e. The van der Waals surface area contributed by atoms with E-state index in [9.17, 15) is 0 Å². The summed E-state index contributed by atoms with van der Waals surface area (Å²) >= 11 is 0. The van der Waals surface area contributed by atoms with Crippen LogP contribution in [0.3, 0.4) is 0 Å². The average molecular weight is 466 g/mol. The van der Waals surface area contributed by atoms with Crippen LogP contribution in [0.4, 0.5) is 0 Å². The summed E-state index contributed by atoms with van der Waals surface area (Å²) in [5.41, 5.74) is 0. The minimum absolute atomic E-state index is 0. The highest BCUT2D eigenvalue weighted by Gasteiger charge is 2.16. The molecule has 0 aliphatic carbocycles. The minimum atomic E-state index is 0. The van der Waals surface area contributed by atoms with Gasteiger partial charge in [-0.15, -0.1) is 24.0 Å². The molecule has 1 atom stereocenters. The van der Waals surface area contributed by atoms with E-state index in [-0.39, 0.29) is 30.0 Å². The van der Waals surface area contributed by atoms with E-state index in [0.717, 1.165) is 44.4 Å². The Morgan fingerprint density at radius 1 is 1.32 bits per heavy atom. The number of ether oxygens (including phenoxy) is 1. The number of guanidine groups is 1. The summed E-state index contributed by atoms with van der Waals surface area (Å²) in [6, 6.07) is 4.03. The third-order valence-corrected chi connectivity index (χ3v) is 3.47. The van der Waals surface area contributed by atoms with E-state index in [4.69, 9.17) is 9.15 Å². The molecule has 0 aliphatic rings. The zero-order chi connectivity index (χ0) is 17.8. The van der Waals surface area contributed by atoms with Gasteiger partial charge in [0.2, 0.25) is 0 Å². The monoisotopic (exact) mass is 466 g/mol. The van der Waals surface area contributed by atoms with Crippen LogP contribution in [0.1, 0.15) is 39.0 Å². The molecule has 2 N–H and O–H groups in total. The van der Waals surface area contributed by atoms with Crippen molar-refractivity contribution in [3.8, 4) is 0 Å². The second kappa shape index (κ2) is 14.4. The van der Waals surface area contributed by atoms with Crippen molar-refractivity contribution in [2.24, 2.45) is 10.9 Å². The maximum absolute atomic E-state index is 5.60. The third kappa shape index (κ3) is 10.7. The normalized spacial score (nSPS) is 13.0. The van der Waals surface area contributed by atoms with E-state index >= 15 is 0 Å². The quantitative estimate of drug-likeness (QED) is 0.227. The molecule has 1 heterocycles. The Labute approximate surface area is 169 Å². The van der Waals surface area contributed by atoms with E-state index in [1.54, 1.807) is 6.26 Å². The van der Waals surface area contributed by atoms with E-state index in [0.29, 0.717) is 12.5 Å². The molecule has 0 spiro atoms. The molecule has 0 fully saturated rings. The van der Waals surface area contributed by atoms with Crippen LogP contribution in [-0.4, -0.2) is 57.8 Å². The lowest BCUT2D eigenvalue weighted by Crippen LogP contribution is -2.38. The van der Waals surface area contributed by atoms with Crippen LogP contribution in [0.2, 0.25) is 0 Å². The molecule has 0 aliphatic heterocycles. The van der Waals surface area contributed by atoms with Gasteiger partial charge in [0.15, 0.2) is 5.96 Å². The van der Waals surface area contributed by atoms with Gasteiger partial charge in [-0.1, -0.05) is 13.8 Å². The first-order valence-corrected chi connectivity index (χ1v) is 8.84. The van der Waals surface area contributed by atoms with Crippen LogP contribution >= 0.6 is 24.0 Å². The summed E-state index contributed by atoms with van der Waals surface area (Å²) in [7, 11) is 4.07. The van der Waals surface area contributed by atoms with Crippen molar-refractivity contribution in [3.63, 3.8) is 0 Å². The SMILES string of the molecule is CCNC(=NCC(c1ccco1)N(C)C)NCCCOCC(C)C.I. The van der Waals surface area contributed by atoms with Crippen molar-refractivity contribution in [1.29, 1.82) is 0 Å². The molecule has 146 valence electrons. The standard InChI is InChI=1S/C18H34N4O2.HI/c1-6-19-18(20-10-8-11-23-14-15(2)3)21-13-16(22(4)5)17-9-7-12-24-17;/h7,9,12,15-16H,6,8,10-11,13-14H2,1-5H3,(H2,19,20,21);1H. The molecule has 25 heavy (non-hydrogen) atoms. The van der Waals surface area contributed by atoms with Crippen molar-refractivity contribution >= 4 is 29.9 Å². The average Bonchev–Trinajstić information content (AvgIpc) is 3.04. The lowest BCUT2D eigenvalue weighted by molar-refractivity contribution is 0.108. The van der Waals surface area contributed by atoms with Gasteiger partial charge >= 0.3 is 0 Å². The summed E-state index contributed by atoms with van der Waals surface area (Å²) in [5, 5.41) is 6.64. The highest BCUT2D eigenvalue weighted by atomic mass is 127. The molecule has 0 amide bonds. The van der Waals surface area contributed by atoms with Crippen LogP contribution in [0.15, 0.2) is 27.8 Å². The van der Waals surface area contributed by atoms with Crippen LogP contribution < -0.4 is 10.6 Å². The molecular formula is C18H35IN4O2. The fraction of sp³-hybridized carbons (Fsp3) is 0.722. The van der Waals surface area contributed by atoms with E-state index in [1.165, 1.54) is 0 Å². The fourth-order valence-corrected chi connectivity index (χ4v) is 2.21. The van der Waals surface area contributed by atoms with Gasteiger partial charge in [-0.3, -0.25) is 9.89 Å². The van der Waals surface area contributed by atoms with E-state index in [2.05, 4.69) is 41.3 Å². The van der Waals surface area contributed by atoms with Crippen LogP contribution in [0, 0.1) is 5.92 Å². The predicted octanol–water partition coefficient (Wildman–Crippen LogP) is 3.12. The molecule has 0 bridgehead atoms. The summed E-state index contributed by atoms with van der Waals surface area (Å²) in [6.45, 7) is 10.3. The second-order valence-electron chi connectivity index (χ2n) is 6.46. The Hall–Kier alpha value is -0.800. The van der Waals surface area contributed by atoms with Gasteiger partial charge in [0.05, 0.1) is 18.8 Å². The van der Waals surface area contributed by atoms with Crippen molar-refractivity contribution in [2.75, 3.05) is 46.9 Å². The molecule has 0 saturated carbocycles. The Morgan fingerprint density at radius 2 is 2.08 bits per heavy atom. The molecule has 0 radical (unpaired) electrons. The van der Waals surface area contributed by atoms with Crippen molar-refractivity contribution in [3.05, 3.63) is 24.2 Å². The topological polar surface area (TPSA) is 62.0 Å². The molecule has 1 unspecified atom stereocenters. The Bertz CT molecular complexity index is 450. The van der Waals surface area contributed by atoms with Crippen molar-refractivity contribution < 1.29 is 9.15 Å². The summed E-state index contributed by atoms with van der Waals surface area (Å²) < 4.78 is 11.1. The maximum Gasteiger partial charge on any atom is 0.191 e. The number of nitrogens with zero attached hydrogens (tertiary/aromatic N) is 2. The number of halogens is 1. The second-order valence-corrected chi connectivity index (χ2v) is 6.46. The van der Waals surface area contributed by atoms with Gasteiger partial charge in [0, 0.05) is 26.3 Å². The molecule has 7 heteroatoms. The Balaban J connectivity index is 0.00000576. The van der Waals surface area contributed by atoms with Gasteiger partial charge in [0.25, 0.3) is 0 Å². The van der Waals surface area contributed by atoms with Crippen molar-refractivity contribution in [2.45, 2.75) is 33.2 Å². The number of nitrogens with one attached hydrogen (secondary N) is 2. The van der Waals surface area contributed by atoms with Gasteiger partial charge < -0.3 is 19.8 Å². The summed E-state index contributed by atoms with van der Waals surface area (Å²) in [4.78, 5) is 6.81. The smallest absolute Gasteiger partial charge is 0.191 e. The zero-order valence-corrected chi connectivity index (χ0v) is 18.6. The van der Waals surface area contributed by atoms with E-state index < -0.39 is 0 Å². The number of rotatable bonds is 11. The fourth-order valence-electron chi connectivity index (χ4n) is 2.21. The van der Waals surface area contributed by atoms with Crippen LogP contribution in [-0.2, 0) is 4.74 Å². The van der Waals surface area contributed by atoms with Gasteiger partial charge in [-0.05, 0) is 45.5 Å². The molecular weight excluding hydrogens is 431 g/mol. The first kappa shape index (κ1) is 24.2. The number of likely N-dealkylation sites (N-methyl/N-ethyl adjacent to an activating group) is 1. The molecule has 0 saturated heterocycles. The molecule has 1 rings (SSSR count). The molecule has 1 aromatic rings. The molecule has 0 aromatic carbocycles. The third-order valence-electron chi connectivity index (χ3n) is 3.47. The number of hydrogen-bond donors (Lipinski definition) is 2. The lowest BCUT2D eigenvalue weighted by Gasteiger charge is -2.21. The molecule has 6 nitrogen and oxygen atoms in total. The van der Waals surface area contributed by atoms with Gasteiger partial charge in [-0.25, -0.2) is 0 Å². The zero-order valence-electron chi connectivity index (χ0n) is 16.2.